The summed E-state index contributed by atoms with van der Waals surface area (Å²) >= 11 is 0. The highest BCUT2D eigenvalue weighted by molar-refractivity contribution is 5.85. The molecule has 10 atom stereocenters. The molecule has 6 aliphatic carbocycles. The van der Waals surface area contributed by atoms with Crippen LogP contribution >= 0.6 is 0 Å². The van der Waals surface area contributed by atoms with Gasteiger partial charge in [0.2, 0.25) is 0 Å². The Balaban J connectivity index is 1.59. The van der Waals surface area contributed by atoms with Crippen LogP contribution in [0.25, 0.3) is 0 Å². The Morgan fingerprint density at radius 3 is 1.30 bits per heavy atom. The first kappa shape index (κ1) is 11.6. The lowest BCUT2D eigenvalue weighted by atomic mass is 9.00. The van der Waals surface area contributed by atoms with Gasteiger partial charge < -0.3 is 9.47 Å². The predicted molar refractivity (Wildman–Crippen MR) is 68.2 cm³/mol. The molecule has 6 aliphatic rings. The van der Waals surface area contributed by atoms with Gasteiger partial charge >= 0.3 is 11.9 Å². The molecule has 4 nitrogen and oxygen atoms in total. The first-order valence-corrected chi connectivity index (χ1v) is 7.62. The number of carbonyl (C=O) groups excluding carboxylic acids is 2. The van der Waals surface area contributed by atoms with Crippen molar-refractivity contribution in [1.82, 2.24) is 0 Å². The van der Waals surface area contributed by atoms with Crippen molar-refractivity contribution in [3.63, 3.8) is 0 Å². The molecule has 4 unspecified atom stereocenters. The summed E-state index contributed by atoms with van der Waals surface area (Å²) in [5.41, 5.74) is 0.910. The van der Waals surface area contributed by atoms with Crippen molar-refractivity contribution in [3.8, 4) is 0 Å². The van der Waals surface area contributed by atoms with Crippen molar-refractivity contribution in [2.24, 2.45) is 58.2 Å². The number of hydrogen-bond acceptors (Lipinski definition) is 4. The molecule has 108 valence electrons. The molecule has 4 heteroatoms. The second kappa shape index (κ2) is 2.79. The van der Waals surface area contributed by atoms with Gasteiger partial charge in [-0.05, 0) is 46.3 Å². The lowest BCUT2D eigenvalue weighted by Gasteiger charge is -3.03. The maximum Gasteiger partial charge on any atom is 0.309 e. The molecule has 0 aromatic carbocycles. The number of methoxy groups -OCH3 is 2. The maximum absolute atomic E-state index is 12.2. The standard InChI is InChI=1S/C16H20O4/c1-15-9-7-5(13(17)19-3)6(14(18)20-4)8-11(9)16(15,2)12(8)10(7)15/h5-12H,1-4H3/t5-,6+,7?,8?,9-,10+,11-,12-,15?,16?/m0/s1. The van der Waals surface area contributed by atoms with E-state index in [-0.39, 0.29) is 23.8 Å². The van der Waals surface area contributed by atoms with Crippen LogP contribution in [0.3, 0.4) is 0 Å². The lowest BCUT2D eigenvalue weighted by molar-refractivity contribution is -0.573. The summed E-state index contributed by atoms with van der Waals surface area (Å²) < 4.78 is 10.0. The third-order valence-corrected chi connectivity index (χ3v) is 8.53. The Labute approximate surface area is 118 Å². The minimum atomic E-state index is -0.252. The van der Waals surface area contributed by atoms with E-state index in [9.17, 15) is 9.59 Å². The number of hydrogen-bond donors (Lipinski definition) is 0. The van der Waals surface area contributed by atoms with Gasteiger partial charge in [-0.25, -0.2) is 0 Å². The van der Waals surface area contributed by atoms with Gasteiger partial charge in [-0.1, -0.05) is 13.8 Å². The summed E-state index contributed by atoms with van der Waals surface area (Å²) in [5.74, 6) is 2.45. The fourth-order valence-corrected chi connectivity index (χ4v) is 8.20. The molecule has 0 amide bonds. The van der Waals surface area contributed by atoms with Gasteiger partial charge in [0.05, 0.1) is 26.1 Å². The molecule has 6 saturated carbocycles. The Kier molecular flexibility index (Phi) is 1.62. The van der Waals surface area contributed by atoms with Gasteiger partial charge in [0.15, 0.2) is 0 Å². The van der Waals surface area contributed by atoms with Gasteiger partial charge in [0.1, 0.15) is 0 Å². The topological polar surface area (TPSA) is 52.6 Å². The summed E-state index contributed by atoms with van der Waals surface area (Å²) in [4.78, 5) is 24.5. The third-order valence-electron chi connectivity index (χ3n) is 8.53. The number of esters is 2. The molecule has 6 rings (SSSR count). The Bertz CT molecular complexity index is 497. The van der Waals surface area contributed by atoms with E-state index in [0.29, 0.717) is 46.3 Å². The number of ether oxygens (including phenoxy) is 2. The summed E-state index contributed by atoms with van der Waals surface area (Å²) in [5, 5.41) is 0. The summed E-state index contributed by atoms with van der Waals surface area (Å²) in [6, 6.07) is 0. The van der Waals surface area contributed by atoms with Crippen molar-refractivity contribution >= 4 is 11.9 Å². The van der Waals surface area contributed by atoms with E-state index >= 15 is 0 Å². The SMILES string of the molecule is COC(=O)[C@@H]1C2[C@@H]3[C@@H]4C([C@@H]1C(=O)OC)[C@H]1[C@H]2C3(C)C41C. The van der Waals surface area contributed by atoms with E-state index < -0.39 is 0 Å². The average Bonchev–Trinajstić information content (AvgIpc) is 2.49. The van der Waals surface area contributed by atoms with Crippen LogP contribution in [0.5, 0.6) is 0 Å². The molecule has 0 saturated heterocycles. The van der Waals surface area contributed by atoms with E-state index in [4.69, 9.17) is 9.47 Å². The van der Waals surface area contributed by atoms with Gasteiger partial charge in [-0.2, -0.15) is 0 Å². The van der Waals surface area contributed by atoms with Crippen molar-refractivity contribution < 1.29 is 19.1 Å². The number of carbonyl (C=O) groups is 2. The van der Waals surface area contributed by atoms with E-state index in [1.165, 1.54) is 14.2 Å². The molecule has 0 heterocycles. The largest absolute Gasteiger partial charge is 0.469 e. The monoisotopic (exact) mass is 276 g/mol. The second-order valence-electron chi connectivity index (χ2n) is 7.92. The van der Waals surface area contributed by atoms with Gasteiger partial charge in [0, 0.05) is 0 Å². The molecule has 0 aromatic rings. The van der Waals surface area contributed by atoms with E-state index in [1.54, 1.807) is 0 Å². The van der Waals surface area contributed by atoms with E-state index in [1.807, 2.05) is 0 Å². The lowest BCUT2D eigenvalue weighted by Crippen LogP contribution is -3.02. The van der Waals surface area contributed by atoms with Crippen LogP contribution in [-0.4, -0.2) is 26.2 Å². The molecule has 2 bridgehead atoms. The van der Waals surface area contributed by atoms with E-state index in [2.05, 4.69) is 13.8 Å². The van der Waals surface area contributed by atoms with Crippen LogP contribution in [0.1, 0.15) is 13.8 Å². The maximum atomic E-state index is 12.2. The zero-order chi connectivity index (χ0) is 14.2. The quantitative estimate of drug-likeness (QED) is 0.714. The van der Waals surface area contributed by atoms with Crippen molar-refractivity contribution in [2.75, 3.05) is 14.2 Å². The van der Waals surface area contributed by atoms with Crippen LogP contribution in [-0.2, 0) is 19.1 Å². The molecule has 6 fully saturated rings. The molecular weight excluding hydrogens is 256 g/mol. The molecule has 0 aliphatic heterocycles. The highest BCUT2D eigenvalue weighted by Crippen LogP contribution is 3.03. The van der Waals surface area contributed by atoms with Crippen LogP contribution in [0.2, 0.25) is 0 Å². The van der Waals surface area contributed by atoms with Crippen molar-refractivity contribution in [2.45, 2.75) is 13.8 Å². The first-order chi connectivity index (χ1) is 9.46. The van der Waals surface area contributed by atoms with Crippen LogP contribution in [0, 0.1) is 58.2 Å². The fourth-order valence-electron chi connectivity index (χ4n) is 8.20. The highest BCUT2D eigenvalue weighted by Gasteiger charge is 3.01. The smallest absolute Gasteiger partial charge is 0.309 e. The first-order valence-electron chi connectivity index (χ1n) is 7.62. The zero-order valence-electron chi connectivity index (χ0n) is 12.3. The van der Waals surface area contributed by atoms with Crippen LogP contribution in [0.4, 0.5) is 0 Å². The van der Waals surface area contributed by atoms with Crippen LogP contribution < -0.4 is 0 Å². The third kappa shape index (κ3) is 0.674. The van der Waals surface area contributed by atoms with Crippen molar-refractivity contribution in [1.29, 1.82) is 0 Å². The molecule has 0 N–H and O–H groups in total. The van der Waals surface area contributed by atoms with Gasteiger partial charge in [0.25, 0.3) is 0 Å². The second-order valence-corrected chi connectivity index (χ2v) is 7.92. The van der Waals surface area contributed by atoms with Gasteiger partial charge in [-0.3, -0.25) is 9.59 Å². The Morgan fingerprint density at radius 1 is 0.750 bits per heavy atom. The molecule has 0 aromatic heterocycles. The van der Waals surface area contributed by atoms with Crippen molar-refractivity contribution in [3.05, 3.63) is 0 Å². The zero-order valence-corrected chi connectivity index (χ0v) is 12.3. The number of fused-ring (bicyclic) bond motifs is 1. The highest BCUT2D eigenvalue weighted by atomic mass is 16.5. The Hall–Kier alpha value is -1.06. The molecule has 0 radical (unpaired) electrons. The minimum Gasteiger partial charge on any atom is -0.469 e. The van der Waals surface area contributed by atoms with E-state index in [0.717, 1.165) is 0 Å². The summed E-state index contributed by atoms with van der Waals surface area (Å²) in [6.07, 6.45) is 0. The normalized spacial score (nSPS) is 65.8. The molecule has 0 spiro atoms. The molecular formula is C16H20O4. The predicted octanol–water partition coefficient (Wildman–Crippen LogP) is 1.34. The molecule has 20 heavy (non-hydrogen) atoms. The minimum absolute atomic E-state index is 0.199. The fraction of sp³-hybridized carbons (Fsp3) is 0.875. The summed E-state index contributed by atoms with van der Waals surface area (Å²) in [6.45, 7) is 4.80. The summed E-state index contributed by atoms with van der Waals surface area (Å²) in [7, 11) is 2.86. The Morgan fingerprint density at radius 2 is 1.05 bits per heavy atom. The van der Waals surface area contributed by atoms with Crippen LogP contribution in [0.15, 0.2) is 0 Å². The van der Waals surface area contributed by atoms with Gasteiger partial charge in [-0.15, -0.1) is 0 Å². The average molecular weight is 276 g/mol. The number of rotatable bonds is 2.